The minimum atomic E-state index is -3.14. The summed E-state index contributed by atoms with van der Waals surface area (Å²) in [7, 11) is -3.14. The molecule has 6 heteroatoms. The second-order valence-corrected chi connectivity index (χ2v) is 6.11. The summed E-state index contributed by atoms with van der Waals surface area (Å²) < 4.78 is 25.1. The molecule has 0 atom stereocenters. The largest absolute Gasteiger partial charge is 0.302 e. The highest BCUT2D eigenvalue weighted by Gasteiger charge is 2.12. The molecule has 4 nitrogen and oxygen atoms in total. The molecule has 1 aliphatic rings. The van der Waals surface area contributed by atoms with Gasteiger partial charge in [-0.2, -0.15) is 0 Å². The summed E-state index contributed by atoms with van der Waals surface area (Å²) in [6, 6.07) is 0. The average molecular weight is 255 g/mol. The maximum atomic E-state index is 11.3. The Hall–Kier alpha value is 0.160. The lowest BCUT2D eigenvalue weighted by atomic mass is 10.1. The minimum absolute atomic E-state index is 0.00849. The Morgan fingerprint density at radius 2 is 1.87 bits per heavy atom. The van der Waals surface area contributed by atoms with Crippen LogP contribution in [0.1, 0.15) is 19.3 Å². The first-order chi connectivity index (χ1) is 7.14. The van der Waals surface area contributed by atoms with Crippen molar-refractivity contribution in [2.45, 2.75) is 19.3 Å². The van der Waals surface area contributed by atoms with E-state index in [4.69, 9.17) is 11.6 Å². The fourth-order valence-corrected chi connectivity index (χ4v) is 3.08. The molecule has 0 bridgehead atoms. The minimum Gasteiger partial charge on any atom is -0.302 e. The van der Waals surface area contributed by atoms with Gasteiger partial charge in [0.25, 0.3) is 0 Å². The molecule has 0 aromatic heterocycles. The fraction of sp³-hybridized carbons (Fsp3) is 1.00. The smallest absolute Gasteiger partial charge is 0.212 e. The summed E-state index contributed by atoms with van der Waals surface area (Å²) in [6.07, 6.45) is 3.76. The van der Waals surface area contributed by atoms with Crippen LogP contribution in [0.5, 0.6) is 0 Å². The zero-order valence-electron chi connectivity index (χ0n) is 8.91. The summed E-state index contributed by atoms with van der Waals surface area (Å²) in [5, 5.41) is 0. The van der Waals surface area contributed by atoms with Gasteiger partial charge in [0.1, 0.15) is 0 Å². The first-order valence-corrected chi connectivity index (χ1v) is 7.58. The average Bonchev–Trinajstić information content (AvgIpc) is 2.19. The molecule has 0 spiro atoms. The maximum absolute atomic E-state index is 11.3. The summed E-state index contributed by atoms with van der Waals surface area (Å²) >= 11 is 5.38. The SMILES string of the molecule is O=S(=O)(CCCl)NCCN1CCCCC1. The molecule has 1 saturated heterocycles. The Morgan fingerprint density at radius 3 is 2.47 bits per heavy atom. The predicted octanol–water partition coefficient (Wildman–Crippen LogP) is 0.630. The van der Waals surface area contributed by atoms with Gasteiger partial charge in [-0.25, -0.2) is 13.1 Å². The first-order valence-electron chi connectivity index (χ1n) is 5.40. The number of alkyl halides is 1. The first kappa shape index (κ1) is 13.2. The van der Waals surface area contributed by atoms with Crippen molar-refractivity contribution in [3.8, 4) is 0 Å². The van der Waals surface area contributed by atoms with E-state index in [-0.39, 0.29) is 11.6 Å². The van der Waals surface area contributed by atoms with Crippen LogP contribution in [0.3, 0.4) is 0 Å². The molecule has 1 rings (SSSR count). The van der Waals surface area contributed by atoms with Crippen LogP contribution in [0.25, 0.3) is 0 Å². The van der Waals surface area contributed by atoms with Crippen LogP contribution in [0, 0.1) is 0 Å². The predicted molar refractivity (Wildman–Crippen MR) is 62.8 cm³/mol. The number of hydrogen-bond acceptors (Lipinski definition) is 3. The molecule has 15 heavy (non-hydrogen) atoms. The second kappa shape index (κ2) is 6.68. The summed E-state index contributed by atoms with van der Waals surface area (Å²) in [5.74, 6) is 0.160. The number of nitrogens with zero attached hydrogens (tertiary/aromatic N) is 1. The summed E-state index contributed by atoms with van der Waals surface area (Å²) in [5.41, 5.74) is 0. The highest BCUT2D eigenvalue weighted by atomic mass is 35.5. The van der Waals surface area contributed by atoms with Crippen LogP contribution in [0.2, 0.25) is 0 Å². The van der Waals surface area contributed by atoms with Crippen molar-refractivity contribution < 1.29 is 8.42 Å². The Kier molecular flexibility index (Phi) is 5.89. The van der Waals surface area contributed by atoms with Crippen molar-refractivity contribution in [3.63, 3.8) is 0 Å². The molecule has 0 saturated carbocycles. The van der Waals surface area contributed by atoms with Crippen molar-refractivity contribution in [1.29, 1.82) is 0 Å². The molecular weight excluding hydrogens is 236 g/mol. The molecule has 0 aromatic carbocycles. The molecule has 0 amide bonds. The number of sulfonamides is 1. The van der Waals surface area contributed by atoms with E-state index in [1.165, 1.54) is 19.3 Å². The van der Waals surface area contributed by atoms with Crippen LogP contribution in [-0.2, 0) is 10.0 Å². The third-order valence-corrected chi connectivity index (χ3v) is 4.34. The molecule has 1 fully saturated rings. The van der Waals surface area contributed by atoms with Gasteiger partial charge in [0, 0.05) is 19.0 Å². The van der Waals surface area contributed by atoms with Gasteiger partial charge in [-0.15, -0.1) is 11.6 Å². The van der Waals surface area contributed by atoms with Gasteiger partial charge in [-0.05, 0) is 25.9 Å². The standard InChI is InChI=1S/C9H19ClN2O2S/c10-4-9-15(13,14)11-5-8-12-6-2-1-3-7-12/h11H,1-9H2. The van der Waals surface area contributed by atoms with E-state index in [1.54, 1.807) is 0 Å². The van der Waals surface area contributed by atoms with Crippen LogP contribution in [0.15, 0.2) is 0 Å². The van der Waals surface area contributed by atoms with Gasteiger partial charge in [-0.3, -0.25) is 0 Å². The lowest BCUT2D eigenvalue weighted by molar-refractivity contribution is 0.233. The Morgan fingerprint density at radius 1 is 1.20 bits per heavy atom. The molecule has 90 valence electrons. The van der Waals surface area contributed by atoms with Crippen molar-refractivity contribution in [1.82, 2.24) is 9.62 Å². The summed E-state index contributed by atoms with van der Waals surface area (Å²) in [6.45, 7) is 3.50. The highest BCUT2D eigenvalue weighted by Crippen LogP contribution is 2.07. The van der Waals surface area contributed by atoms with E-state index in [0.717, 1.165) is 19.6 Å². The van der Waals surface area contributed by atoms with Gasteiger partial charge >= 0.3 is 0 Å². The van der Waals surface area contributed by atoms with Gasteiger partial charge in [0.05, 0.1) is 5.75 Å². The number of nitrogens with one attached hydrogen (secondary N) is 1. The molecule has 1 N–H and O–H groups in total. The fourth-order valence-electron chi connectivity index (χ4n) is 1.72. The van der Waals surface area contributed by atoms with E-state index in [0.29, 0.717) is 6.54 Å². The van der Waals surface area contributed by atoms with Crippen LogP contribution >= 0.6 is 11.6 Å². The highest BCUT2D eigenvalue weighted by molar-refractivity contribution is 7.89. The van der Waals surface area contributed by atoms with Crippen molar-refractivity contribution >= 4 is 21.6 Å². The third kappa shape index (κ3) is 5.70. The van der Waals surface area contributed by atoms with E-state index >= 15 is 0 Å². The Labute approximate surface area is 97.0 Å². The van der Waals surface area contributed by atoms with Gasteiger partial charge in [-0.1, -0.05) is 6.42 Å². The third-order valence-electron chi connectivity index (χ3n) is 2.54. The second-order valence-electron chi connectivity index (χ2n) is 3.80. The van der Waals surface area contributed by atoms with E-state index < -0.39 is 10.0 Å². The van der Waals surface area contributed by atoms with Gasteiger partial charge in [0.2, 0.25) is 10.0 Å². The van der Waals surface area contributed by atoms with Crippen molar-refractivity contribution in [3.05, 3.63) is 0 Å². The van der Waals surface area contributed by atoms with E-state index in [1.807, 2.05) is 0 Å². The van der Waals surface area contributed by atoms with Crippen LogP contribution in [0.4, 0.5) is 0 Å². The molecule has 0 aliphatic carbocycles. The Bertz CT molecular complexity index is 263. The van der Waals surface area contributed by atoms with Crippen LogP contribution in [-0.4, -0.2) is 51.1 Å². The number of piperidine rings is 1. The number of halogens is 1. The molecule has 1 heterocycles. The van der Waals surface area contributed by atoms with Crippen LogP contribution < -0.4 is 4.72 Å². The lowest BCUT2D eigenvalue weighted by Crippen LogP contribution is -2.38. The normalized spacial score (nSPS) is 19.3. The van der Waals surface area contributed by atoms with E-state index in [2.05, 4.69) is 9.62 Å². The molecular formula is C9H19ClN2O2S. The van der Waals surface area contributed by atoms with Crippen molar-refractivity contribution in [2.75, 3.05) is 37.8 Å². The lowest BCUT2D eigenvalue weighted by Gasteiger charge is -2.26. The zero-order valence-corrected chi connectivity index (χ0v) is 10.5. The monoisotopic (exact) mass is 254 g/mol. The van der Waals surface area contributed by atoms with Gasteiger partial charge in [0.15, 0.2) is 0 Å². The Balaban J connectivity index is 2.14. The summed E-state index contributed by atoms with van der Waals surface area (Å²) in [4.78, 5) is 2.30. The molecule has 0 aromatic rings. The molecule has 0 radical (unpaired) electrons. The molecule has 0 unspecified atom stereocenters. The molecule has 1 aliphatic heterocycles. The number of hydrogen-bond donors (Lipinski definition) is 1. The van der Waals surface area contributed by atoms with Crippen molar-refractivity contribution in [2.24, 2.45) is 0 Å². The maximum Gasteiger partial charge on any atom is 0.212 e. The zero-order chi connectivity index (χ0) is 11.1. The van der Waals surface area contributed by atoms with Gasteiger partial charge < -0.3 is 4.90 Å². The number of rotatable bonds is 6. The number of likely N-dealkylation sites (tertiary alicyclic amines) is 1. The quantitative estimate of drug-likeness (QED) is 0.708. The van der Waals surface area contributed by atoms with E-state index in [9.17, 15) is 8.42 Å². The topological polar surface area (TPSA) is 49.4 Å².